The number of aromatic nitrogens is 2. The molecular weight excluding hydrogens is 391 g/mol. The first-order valence-corrected chi connectivity index (χ1v) is 10.1. The summed E-state index contributed by atoms with van der Waals surface area (Å²) in [5.74, 6) is -0.619. The van der Waals surface area contributed by atoms with Crippen LogP contribution < -0.4 is 5.32 Å². The molecule has 1 aromatic carbocycles. The van der Waals surface area contributed by atoms with Gasteiger partial charge in [-0.2, -0.15) is 0 Å². The van der Waals surface area contributed by atoms with Crippen LogP contribution in [0.2, 0.25) is 5.02 Å². The van der Waals surface area contributed by atoms with Crippen molar-refractivity contribution in [1.82, 2.24) is 14.5 Å². The van der Waals surface area contributed by atoms with Crippen LogP contribution in [0.1, 0.15) is 25.3 Å². The van der Waals surface area contributed by atoms with Gasteiger partial charge < -0.3 is 14.8 Å². The van der Waals surface area contributed by atoms with Crippen LogP contribution in [0.5, 0.6) is 0 Å². The number of nitrogens with one attached hydrogen (secondary N) is 1. The van der Waals surface area contributed by atoms with Gasteiger partial charge in [-0.25, -0.2) is 14.2 Å². The predicted molar refractivity (Wildman–Crippen MR) is 115 cm³/mol. The minimum Gasteiger partial charge on any atom is -0.332 e. The zero-order valence-electron chi connectivity index (χ0n) is 16.2. The van der Waals surface area contributed by atoms with Crippen LogP contribution in [-0.4, -0.2) is 33.6 Å². The molecule has 0 atom stereocenters. The first-order valence-electron chi connectivity index (χ1n) is 9.71. The summed E-state index contributed by atoms with van der Waals surface area (Å²) in [5, 5.41) is 3.73. The third-order valence-electron chi connectivity index (χ3n) is 5.13. The third kappa shape index (κ3) is 3.85. The van der Waals surface area contributed by atoms with Crippen LogP contribution >= 0.6 is 11.6 Å². The molecule has 0 unspecified atom stereocenters. The average molecular weight is 413 g/mol. The molecule has 5 nitrogen and oxygen atoms in total. The SMILES string of the molecule is CCCn1cc(C2=CCN(C(=O)Nc3cccc(Cl)c3F)CC2)c2cccnc21. The molecule has 0 bridgehead atoms. The van der Waals surface area contributed by atoms with E-state index in [2.05, 4.69) is 40.1 Å². The van der Waals surface area contributed by atoms with E-state index in [0.717, 1.165) is 30.4 Å². The first-order chi connectivity index (χ1) is 14.1. The molecule has 2 amide bonds. The van der Waals surface area contributed by atoms with E-state index in [0.29, 0.717) is 13.1 Å². The zero-order valence-corrected chi connectivity index (χ0v) is 16.9. The van der Waals surface area contributed by atoms with Gasteiger partial charge >= 0.3 is 6.03 Å². The fourth-order valence-corrected chi connectivity index (χ4v) is 3.86. The van der Waals surface area contributed by atoms with Gasteiger partial charge in [-0.05, 0) is 42.7 Å². The van der Waals surface area contributed by atoms with Crippen LogP contribution in [0.15, 0.2) is 48.8 Å². The molecule has 0 saturated carbocycles. The fourth-order valence-electron chi connectivity index (χ4n) is 3.68. The van der Waals surface area contributed by atoms with E-state index in [1.54, 1.807) is 11.0 Å². The molecule has 1 N–H and O–H groups in total. The van der Waals surface area contributed by atoms with Crippen molar-refractivity contribution in [2.75, 3.05) is 18.4 Å². The molecule has 0 aliphatic carbocycles. The minimum atomic E-state index is -0.619. The summed E-state index contributed by atoms with van der Waals surface area (Å²) >= 11 is 5.79. The van der Waals surface area contributed by atoms with Gasteiger partial charge in [0, 0.05) is 43.0 Å². The lowest BCUT2D eigenvalue weighted by Gasteiger charge is -2.26. The van der Waals surface area contributed by atoms with Crippen molar-refractivity contribution in [3.63, 3.8) is 0 Å². The molecule has 1 aliphatic heterocycles. The predicted octanol–water partition coefficient (Wildman–Crippen LogP) is 5.56. The van der Waals surface area contributed by atoms with Crippen LogP contribution in [0.4, 0.5) is 14.9 Å². The topological polar surface area (TPSA) is 50.2 Å². The van der Waals surface area contributed by atoms with Crippen molar-refractivity contribution >= 4 is 39.9 Å². The lowest BCUT2D eigenvalue weighted by atomic mass is 10.00. The Kier molecular flexibility index (Phi) is 5.53. The maximum absolute atomic E-state index is 14.0. The molecule has 0 fully saturated rings. The highest BCUT2D eigenvalue weighted by Gasteiger charge is 2.21. The summed E-state index contributed by atoms with van der Waals surface area (Å²) in [7, 11) is 0. The van der Waals surface area contributed by atoms with Crippen molar-refractivity contribution in [2.45, 2.75) is 26.3 Å². The van der Waals surface area contributed by atoms with Gasteiger partial charge in [0.25, 0.3) is 0 Å². The Morgan fingerprint density at radius 2 is 2.17 bits per heavy atom. The number of hydrogen-bond donors (Lipinski definition) is 1. The van der Waals surface area contributed by atoms with Gasteiger partial charge in [-0.1, -0.05) is 30.7 Å². The lowest BCUT2D eigenvalue weighted by molar-refractivity contribution is 0.217. The molecule has 4 rings (SSSR count). The van der Waals surface area contributed by atoms with E-state index in [-0.39, 0.29) is 16.7 Å². The van der Waals surface area contributed by atoms with Crippen LogP contribution in [0.25, 0.3) is 16.6 Å². The molecule has 2 aromatic heterocycles. The number of hydrogen-bond acceptors (Lipinski definition) is 2. The standard InChI is InChI=1S/C22H22ClFN4O/c1-2-11-28-14-17(16-5-4-10-25-21(16)28)15-8-12-27(13-9-15)22(29)26-19-7-3-6-18(23)20(19)24/h3-8,10,14H,2,9,11-13H2,1H3,(H,26,29). The van der Waals surface area contributed by atoms with Crippen molar-refractivity contribution < 1.29 is 9.18 Å². The van der Waals surface area contributed by atoms with E-state index in [4.69, 9.17) is 11.6 Å². The van der Waals surface area contributed by atoms with E-state index < -0.39 is 5.82 Å². The maximum atomic E-state index is 14.0. The molecule has 0 spiro atoms. The number of aryl methyl sites for hydroxylation is 1. The number of halogens is 2. The third-order valence-corrected chi connectivity index (χ3v) is 5.43. The number of carbonyl (C=O) groups excluding carboxylic acids is 1. The van der Waals surface area contributed by atoms with E-state index in [9.17, 15) is 9.18 Å². The zero-order chi connectivity index (χ0) is 20.4. The molecule has 1 aliphatic rings. The lowest BCUT2D eigenvalue weighted by Crippen LogP contribution is -2.38. The Bertz CT molecular complexity index is 1090. The normalized spacial score (nSPS) is 14.2. The Balaban J connectivity index is 1.52. The van der Waals surface area contributed by atoms with Crippen LogP contribution in [0.3, 0.4) is 0 Å². The number of amides is 2. The summed E-state index contributed by atoms with van der Waals surface area (Å²) in [4.78, 5) is 18.7. The number of pyridine rings is 1. The monoisotopic (exact) mass is 412 g/mol. The number of carbonyl (C=O) groups is 1. The Labute approximate surface area is 173 Å². The number of benzene rings is 1. The Hall–Kier alpha value is -2.86. The van der Waals surface area contributed by atoms with Crippen LogP contribution in [-0.2, 0) is 6.54 Å². The number of rotatable bonds is 4. The van der Waals surface area contributed by atoms with Crippen LogP contribution in [0, 0.1) is 5.82 Å². The van der Waals surface area contributed by atoms with Crippen molar-refractivity contribution in [3.8, 4) is 0 Å². The van der Waals surface area contributed by atoms with E-state index in [1.165, 1.54) is 23.3 Å². The highest BCUT2D eigenvalue weighted by molar-refractivity contribution is 6.31. The molecule has 29 heavy (non-hydrogen) atoms. The second-order valence-electron chi connectivity index (χ2n) is 7.07. The second kappa shape index (κ2) is 8.25. The van der Waals surface area contributed by atoms with Crippen molar-refractivity contribution in [1.29, 1.82) is 0 Å². The molecule has 7 heteroatoms. The van der Waals surface area contributed by atoms with Gasteiger partial charge in [0.1, 0.15) is 5.65 Å². The van der Waals surface area contributed by atoms with Crippen molar-refractivity contribution in [3.05, 3.63) is 65.2 Å². The van der Waals surface area contributed by atoms with Gasteiger partial charge in [-0.15, -0.1) is 0 Å². The second-order valence-corrected chi connectivity index (χ2v) is 7.47. The smallest absolute Gasteiger partial charge is 0.322 e. The van der Waals surface area contributed by atoms with Gasteiger partial charge in [0.05, 0.1) is 10.7 Å². The van der Waals surface area contributed by atoms with Gasteiger partial charge in [-0.3, -0.25) is 0 Å². The number of nitrogens with zero attached hydrogens (tertiary/aromatic N) is 3. The Morgan fingerprint density at radius 1 is 1.31 bits per heavy atom. The maximum Gasteiger partial charge on any atom is 0.322 e. The molecule has 0 saturated heterocycles. The molecule has 3 heterocycles. The van der Waals surface area contributed by atoms with Gasteiger partial charge in [0.15, 0.2) is 5.82 Å². The number of fused-ring (bicyclic) bond motifs is 1. The molecule has 150 valence electrons. The Morgan fingerprint density at radius 3 is 2.93 bits per heavy atom. The molecule has 3 aromatic rings. The van der Waals surface area contributed by atoms with Gasteiger partial charge in [0.2, 0.25) is 0 Å². The number of anilines is 1. The summed E-state index contributed by atoms with van der Waals surface area (Å²) < 4.78 is 16.2. The minimum absolute atomic E-state index is 0.0132. The van der Waals surface area contributed by atoms with E-state index >= 15 is 0 Å². The summed E-state index contributed by atoms with van der Waals surface area (Å²) in [6.45, 7) is 4.08. The molecular formula is C22H22ClFN4O. The largest absolute Gasteiger partial charge is 0.332 e. The molecule has 0 radical (unpaired) electrons. The average Bonchev–Trinajstić information content (AvgIpc) is 3.10. The van der Waals surface area contributed by atoms with E-state index in [1.807, 2.05) is 12.3 Å². The number of urea groups is 1. The fraction of sp³-hybridized carbons (Fsp3) is 0.273. The summed E-state index contributed by atoms with van der Waals surface area (Å²) in [6, 6.07) is 8.26. The summed E-state index contributed by atoms with van der Waals surface area (Å²) in [5.41, 5.74) is 3.45. The highest BCUT2D eigenvalue weighted by Crippen LogP contribution is 2.30. The summed E-state index contributed by atoms with van der Waals surface area (Å²) in [6.07, 6.45) is 7.80. The highest BCUT2D eigenvalue weighted by atomic mass is 35.5. The first kappa shape index (κ1) is 19.5. The quantitative estimate of drug-likeness (QED) is 0.609. The van der Waals surface area contributed by atoms with Crippen molar-refractivity contribution in [2.24, 2.45) is 0 Å².